The molecule has 3 nitrogen and oxygen atoms in total. The highest BCUT2D eigenvalue weighted by Gasteiger charge is 2.42. The number of rotatable bonds is 4. The molecule has 0 bridgehead atoms. The van der Waals surface area contributed by atoms with Crippen LogP contribution in [0.4, 0.5) is 0 Å². The molecule has 1 aliphatic heterocycles. The lowest BCUT2D eigenvalue weighted by Gasteiger charge is -2.42. The average molecular weight is 219 g/mol. The van der Waals surface area contributed by atoms with Gasteiger partial charge < -0.3 is 10.1 Å². The van der Waals surface area contributed by atoms with E-state index in [0.29, 0.717) is 19.5 Å². The number of hydrogen-bond acceptors (Lipinski definition) is 3. The van der Waals surface area contributed by atoms with Crippen molar-refractivity contribution >= 4 is 5.97 Å². The van der Waals surface area contributed by atoms with Gasteiger partial charge in [-0.1, -0.05) is 37.3 Å². The fourth-order valence-electron chi connectivity index (χ4n) is 1.90. The highest BCUT2D eigenvalue weighted by Crippen LogP contribution is 2.30. The Kier molecular flexibility index (Phi) is 3.25. The fourth-order valence-corrected chi connectivity index (χ4v) is 1.90. The van der Waals surface area contributed by atoms with Crippen molar-refractivity contribution in [2.75, 3.05) is 13.1 Å². The molecule has 0 spiro atoms. The van der Waals surface area contributed by atoms with E-state index in [2.05, 4.69) is 5.32 Å². The van der Waals surface area contributed by atoms with Crippen LogP contribution in [0, 0.1) is 0 Å². The van der Waals surface area contributed by atoms with E-state index in [-0.39, 0.29) is 5.97 Å². The van der Waals surface area contributed by atoms with Gasteiger partial charge in [0.1, 0.15) is 0 Å². The zero-order valence-electron chi connectivity index (χ0n) is 9.53. The van der Waals surface area contributed by atoms with Crippen molar-refractivity contribution < 1.29 is 9.53 Å². The summed E-state index contributed by atoms with van der Waals surface area (Å²) in [5, 5.41) is 3.17. The fraction of sp³-hybridized carbons (Fsp3) is 0.462. The standard InChI is InChI=1S/C13H17NO2/c1-2-6-12(15)16-13(9-14-10-13)11-7-4-3-5-8-11/h3-5,7-8,14H,2,6,9-10H2,1H3. The van der Waals surface area contributed by atoms with E-state index >= 15 is 0 Å². The maximum Gasteiger partial charge on any atom is 0.306 e. The topological polar surface area (TPSA) is 38.3 Å². The van der Waals surface area contributed by atoms with Crippen molar-refractivity contribution in [1.29, 1.82) is 0 Å². The minimum absolute atomic E-state index is 0.104. The maximum absolute atomic E-state index is 11.6. The molecule has 1 fully saturated rings. The molecule has 0 aliphatic carbocycles. The predicted molar refractivity (Wildman–Crippen MR) is 62.0 cm³/mol. The predicted octanol–water partition coefficient (Wildman–Crippen LogP) is 1.83. The molecule has 0 amide bonds. The maximum atomic E-state index is 11.6. The van der Waals surface area contributed by atoms with Crippen molar-refractivity contribution in [3.8, 4) is 0 Å². The monoisotopic (exact) mass is 219 g/mol. The number of nitrogens with one attached hydrogen (secondary N) is 1. The van der Waals surface area contributed by atoms with Gasteiger partial charge in [-0.2, -0.15) is 0 Å². The number of benzene rings is 1. The van der Waals surface area contributed by atoms with E-state index in [1.54, 1.807) is 0 Å². The van der Waals surface area contributed by atoms with Crippen molar-refractivity contribution in [3.63, 3.8) is 0 Å². The van der Waals surface area contributed by atoms with Crippen LogP contribution in [0.5, 0.6) is 0 Å². The Morgan fingerprint density at radius 2 is 2.06 bits per heavy atom. The highest BCUT2D eigenvalue weighted by molar-refractivity contribution is 5.70. The summed E-state index contributed by atoms with van der Waals surface area (Å²) in [4.78, 5) is 11.6. The molecule has 16 heavy (non-hydrogen) atoms. The quantitative estimate of drug-likeness (QED) is 0.785. The molecule has 86 valence electrons. The summed E-state index contributed by atoms with van der Waals surface area (Å²) < 4.78 is 5.60. The highest BCUT2D eigenvalue weighted by atomic mass is 16.6. The van der Waals surface area contributed by atoms with Gasteiger partial charge in [0.2, 0.25) is 0 Å². The first kappa shape index (κ1) is 11.1. The Balaban J connectivity index is 2.11. The minimum Gasteiger partial charge on any atom is -0.451 e. The first-order chi connectivity index (χ1) is 7.77. The normalized spacial score (nSPS) is 17.6. The van der Waals surface area contributed by atoms with Crippen LogP contribution in [0.1, 0.15) is 25.3 Å². The molecule has 1 aliphatic rings. The van der Waals surface area contributed by atoms with E-state index < -0.39 is 5.60 Å². The van der Waals surface area contributed by atoms with Gasteiger partial charge in [0.25, 0.3) is 0 Å². The van der Waals surface area contributed by atoms with Gasteiger partial charge >= 0.3 is 5.97 Å². The molecule has 0 atom stereocenters. The lowest BCUT2D eigenvalue weighted by molar-refractivity contribution is -0.167. The van der Waals surface area contributed by atoms with E-state index in [9.17, 15) is 4.79 Å². The molecule has 2 rings (SSSR count). The number of hydrogen-bond donors (Lipinski definition) is 1. The van der Waals surface area contributed by atoms with Crippen LogP contribution in [0.3, 0.4) is 0 Å². The van der Waals surface area contributed by atoms with Gasteiger partial charge in [0.05, 0.1) is 0 Å². The lowest BCUT2D eigenvalue weighted by Crippen LogP contribution is -2.59. The Bertz CT molecular complexity index is 357. The van der Waals surface area contributed by atoms with E-state index in [1.807, 2.05) is 37.3 Å². The summed E-state index contributed by atoms with van der Waals surface area (Å²) in [6, 6.07) is 9.95. The Morgan fingerprint density at radius 1 is 1.38 bits per heavy atom. The minimum atomic E-state index is -0.423. The second-order valence-corrected chi connectivity index (χ2v) is 4.19. The van der Waals surface area contributed by atoms with Crippen LogP contribution in [-0.2, 0) is 15.1 Å². The number of carbonyl (C=O) groups excluding carboxylic acids is 1. The van der Waals surface area contributed by atoms with Crippen LogP contribution < -0.4 is 5.32 Å². The molecule has 0 saturated carbocycles. The molecule has 1 N–H and O–H groups in total. The molecule has 0 radical (unpaired) electrons. The first-order valence-corrected chi connectivity index (χ1v) is 5.75. The molecular weight excluding hydrogens is 202 g/mol. The number of carbonyl (C=O) groups is 1. The summed E-state index contributed by atoms with van der Waals surface area (Å²) >= 11 is 0. The summed E-state index contributed by atoms with van der Waals surface area (Å²) in [6.07, 6.45) is 1.33. The van der Waals surface area contributed by atoms with Crippen LogP contribution in [0.25, 0.3) is 0 Å². The van der Waals surface area contributed by atoms with Crippen molar-refractivity contribution in [2.24, 2.45) is 0 Å². The largest absolute Gasteiger partial charge is 0.451 e. The summed E-state index contributed by atoms with van der Waals surface area (Å²) in [5.74, 6) is -0.104. The van der Waals surface area contributed by atoms with E-state index in [4.69, 9.17) is 4.74 Å². The van der Waals surface area contributed by atoms with Gasteiger partial charge in [-0.25, -0.2) is 0 Å². The van der Waals surface area contributed by atoms with Crippen molar-refractivity contribution in [3.05, 3.63) is 35.9 Å². The molecule has 0 unspecified atom stereocenters. The van der Waals surface area contributed by atoms with Crippen LogP contribution in [0.15, 0.2) is 30.3 Å². The van der Waals surface area contributed by atoms with Crippen LogP contribution in [0.2, 0.25) is 0 Å². The van der Waals surface area contributed by atoms with Crippen molar-refractivity contribution in [2.45, 2.75) is 25.4 Å². The molecule has 1 aromatic carbocycles. The first-order valence-electron chi connectivity index (χ1n) is 5.75. The van der Waals surface area contributed by atoms with Gasteiger partial charge in [-0.15, -0.1) is 0 Å². The summed E-state index contributed by atoms with van der Waals surface area (Å²) in [5.41, 5.74) is 0.659. The van der Waals surface area contributed by atoms with Gasteiger partial charge in [-0.3, -0.25) is 4.79 Å². The van der Waals surface area contributed by atoms with Gasteiger partial charge in [0.15, 0.2) is 5.60 Å². The summed E-state index contributed by atoms with van der Waals surface area (Å²) in [6.45, 7) is 3.41. The number of esters is 1. The second-order valence-electron chi connectivity index (χ2n) is 4.19. The summed E-state index contributed by atoms with van der Waals surface area (Å²) in [7, 11) is 0. The van der Waals surface area contributed by atoms with E-state index in [0.717, 1.165) is 12.0 Å². The van der Waals surface area contributed by atoms with Crippen molar-refractivity contribution in [1.82, 2.24) is 5.32 Å². The average Bonchev–Trinajstić information content (AvgIpc) is 2.25. The zero-order valence-corrected chi connectivity index (χ0v) is 9.53. The third-order valence-corrected chi connectivity index (χ3v) is 2.88. The second kappa shape index (κ2) is 4.66. The zero-order chi connectivity index (χ0) is 11.4. The molecule has 1 aromatic rings. The smallest absolute Gasteiger partial charge is 0.306 e. The van der Waals surface area contributed by atoms with Gasteiger partial charge in [0, 0.05) is 19.5 Å². The number of ether oxygens (including phenoxy) is 1. The SMILES string of the molecule is CCCC(=O)OC1(c2ccccc2)CNC1. The molecule has 1 heterocycles. The lowest BCUT2D eigenvalue weighted by atomic mass is 9.88. The Labute approximate surface area is 95.8 Å². The third kappa shape index (κ3) is 2.09. The molecule has 1 saturated heterocycles. The Morgan fingerprint density at radius 3 is 2.56 bits per heavy atom. The van der Waals surface area contributed by atoms with Crippen LogP contribution in [-0.4, -0.2) is 19.1 Å². The molecular formula is C13H17NO2. The Hall–Kier alpha value is -1.35. The van der Waals surface area contributed by atoms with Gasteiger partial charge in [-0.05, 0) is 12.0 Å². The third-order valence-electron chi connectivity index (χ3n) is 2.88. The molecule has 3 heteroatoms. The van der Waals surface area contributed by atoms with E-state index in [1.165, 1.54) is 0 Å². The molecule has 0 aromatic heterocycles. The van der Waals surface area contributed by atoms with Crippen LogP contribution >= 0.6 is 0 Å².